The van der Waals surface area contributed by atoms with Gasteiger partial charge < -0.3 is 33.2 Å². The molecule has 14 rings (SSSR count). The lowest BCUT2D eigenvalue weighted by atomic mass is 9.47. The van der Waals surface area contributed by atoms with E-state index in [1.165, 1.54) is 35.9 Å². The van der Waals surface area contributed by atoms with Crippen molar-refractivity contribution in [2.75, 3.05) is 39.6 Å². The molecule has 14 aliphatic rings. The lowest BCUT2D eigenvalue weighted by molar-refractivity contribution is -0.343. The summed E-state index contributed by atoms with van der Waals surface area (Å²) in [6.45, 7) is 3.91. The van der Waals surface area contributed by atoms with Gasteiger partial charge in [0, 0.05) is 29.6 Å². The number of halogens is 5. The number of carbonyl (C=O) groups is 2. The van der Waals surface area contributed by atoms with Gasteiger partial charge in [-0.3, -0.25) is 9.59 Å². The van der Waals surface area contributed by atoms with Crippen LogP contribution in [0, 0.1) is 75.9 Å². The second-order valence-electron chi connectivity index (χ2n) is 23.8. The molecule has 2 saturated heterocycles. The zero-order chi connectivity index (χ0) is 44.4. The molecule has 12 atom stereocenters. The quantitative estimate of drug-likeness (QED) is 0.0736. The zero-order valence-corrected chi connectivity index (χ0v) is 41.5. The second-order valence-corrected chi connectivity index (χ2v) is 27.3. The van der Waals surface area contributed by atoms with Crippen LogP contribution in [-0.2, 0) is 42.7 Å². The lowest BCUT2D eigenvalue weighted by Crippen LogP contribution is -2.65. The maximum absolute atomic E-state index is 15.5. The second kappa shape index (κ2) is 15.0. The van der Waals surface area contributed by atoms with Gasteiger partial charge in [0.2, 0.25) is 3.68 Å². The topological polar surface area (TPSA) is 98.8 Å². The minimum absolute atomic E-state index is 0.0315. The minimum atomic E-state index is -2.30. The first-order chi connectivity index (χ1) is 29.5. The van der Waals surface area contributed by atoms with Crippen molar-refractivity contribution >= 4 is 53.0 Å². The predicted octanol–water partition coefficient (Wildman–Crippen LogP) is 9.36. The van der Waals surface area contributed by atoms with Gasteiger partial charge in [-0.1, -0.05) is 25.4 Å². The summed E-state index contributed by atoms with van der Waals surface area (Å²) in [5.74, 6) is -0.927. The van der Waals surface area contributed by atoms with Gasteiger partial charge in [-0.25, -0.2) is 17.6 Å². The standard InChI is InChI=1S/C47H67F4IO9P2/c1-25(19-55-37(53)41-13-28-9-32(15-41)46(33(10-28)16-41)57-21-39(2,48)44(50,62)23-59-46)36(61-40(3)30-5-26-4-27(7-30)8-31(40)6-26)20-56-38(54)42-14-29-11-34(17-42)47(35(12-29)18-42)58-22-43(49,52)45(51,63)24-60-47/h25-36H,4-24,62-63H2,1-3H3. The Bertz CT molecular complexity index is 1770. The minimum Gasteiger partial charge on any atom is -0.465 e. The molecule has 16 heteroatoms. The van der Waals surface area contributed by atoms with Gasteiger partial charge in [0.15, 0.2) is 28.1 Å². The number of ether oxygens (including phenoxy) is 7. The molecule has 0 amide bonds. The first-order valence-electron chi connectivity index (χ1n) is 24.1. The Hall–Kier alpha value is 0.0500. The van der Waals surface area contributed by atoms with Crippen LogP contribution < -0.4 is 0 Å². The molecule has 9 nitrogen and oxygen atoms in total. The molecule has 0 aromatic heterocycles. The van der Waals surface area contributed by atoms with Crippen LogP contribution in [0.25, 0.3) is 0 Å². The largest absolute Gasteiger partial charge is 0.465 e. The monoisotopic (exact) mass is 1040 g/mol. The summed E-state index contributed by atoms with van der Waals surface area (Å²) in [6.07, 6.45) is 11.8. The molecule has 12 saturated carbocycles. The van der Waals surface area contributed by atoms with Crippen LogP contribution >= 0.6 is 41.1 Å². The van der Waals surface area contributed by atoms with Crippen molar-refractivity contribution in [1.29, 1.82) is 0 Å². The van der Waals surface area contributed by atoms with E-state index in [9.17, 15) is 9.59 Å². The van der Waals surface area contributed by atoms with Crippen molar-refractivity contribution in [1.82, 2.24) is 0 Å². The summed E-state index contributed by atoms with van der Waals surface area (Å²) >= 11 is 1.49. The Labute approximate surface area is 387 Å². The third-order valence-corrected chi connectivity index (χ3v) is 22.9. The van der Waals surface area contributed by atoms with Crippen LogP contribution in [0.2, 0.25) is 0 Å². The average molecular weight is 1040 g/mol. The fourth-order valence-electron chi connectivity index (χ4n) is 16.5. The first-order valence-corrected chi connectivity index (χ1v) is 26.4. The summed E-state index contributed by atoms with van der Waals surface area (Å²) < 4.78 is 105. The molecule has 0 radical (unpaired) electrons. The van der Waals surface area contributed by atoms with E-state index in [-0.39, 0.29) is 72.2 Å². The Kier molecular flexibility index (Phi) is 10.9. The van der Waals surface area contributed by atoms with Crippen molar-refractivity contribution < 1.29 is 60.3 Å². The van der Waals surface area contributed by atoms with Crippen LogP contribution in [0.1, 0.15) is 117 Å². The van der Waals surface area contributed by atoms with E-state index in [2.05, 4.69) is 6.92 Å². The van der Waals surface area contributed by atoms with Crippen LogP contribution in [0.3, 0.4) is 0 Å². The molecule has 0 N–H and O–H groups in total. The van der Waals surface area contributed by atoms with Gasteiger partial charge in [0.1, 0.15) is 6.61 Å². The number of rotatable bonds is 9. The molecule has 12 unspecified atom stereocenters. The molecule has 12 bridgehead atoms. The fourth-order valence-corrected chi connectivity index (χ4v) is 17.1. The van der Waals surface area contributed by atoms with Gasteiger partial charge in [0.05, 0.1) is 55.6 Å². The molecule has 2 aliphatic heterocycles. The highest BCUT2D eigenvalue weighted by Gasteiger charge is 2.71. The van der Waals surface area contributed by atoms with E-state index in [4.69, 9.17) is 33.2 Å². The Morgan fingerprint density at radius 2 is 1.00 bits per heavy atom. The summed E-state index contributed by atoms with van der Waals surface area (Å²) in [5.41, 5.74) is -4.09. The van der Waals surface area contributed by atoms with E-state index < -0.39 is 75.1 Å². The van der Waals surface area contributed by atoms with Crippen LogP contribution in [0.4, 0.5) is 17.6 Å². The SMILES string of the molecule is CC(COC(=O)C12CC3CC(C1)C1(OCC(C)(F)C(F)(P)CO1)C(C3)C2)C(COC(=O)C12CC3CC(C1)C1(OCC(F)(P)C(F)(I)CO1)C(C3)C2)OC1(C)C2CC3CC(C2)CC1C3. The summed E-state index contributed by atoms with van der Waals surface area (Å²) in [5, 5.41) is -4.58. The molecule has 63 heavy (non-hydrogen) atoms. The highest BCUT2D eigenvalue weighted by atomic mass is 127. The lowest BCUT2D eigenvalue weighted by Gasteiger charge is -2.63. The predicted molar refractivity (Wildman–Crippen MR) is 237 cm³/mol. The molecule has 0 aromatic rings. The van der Waals surface area contributed by atoms with Gasteiger partial charge >= 0.3 is 11.9 Å². The molecule has 12 aliphatic carbocycles. The smallest absolute Gasteiger partial charge is 0.312 e. The maximum atomic E-state index is 15.5. The molecule has 354 valence electrons. The Balaban J connectivity index is 0.790. The normalized spacial score (nSPS) is 57.0. The number of hydrogen-bond acceptors (Lipinski definition) is 9. The van der Waals surface area contributed by atoms with E-state index in [1.54, 1.807) is 0 Å². The van der Waals surface area contributed by atoms with Gasteiger partial charge in [0.25, 0.3) is 0 Å². The van der Waals surface area contributed by atoms with E-state index in [1.807, 2.05) is 25.4 Å². The fraction of sp³-hybridized carbons (Fsp3) is 0.957. The maximum Gasteiger partial charge on any atom is 0.312 e. The van der Waals surface area contributed by atoms with Crippen molar-refractivity contribution in [3.05, 3.63) is 0 Å². The first kappa shape index (κ1) is 45.5. The van der Waals surface area contributed by atoms with E-state index in [0.717, 1.165) is 63.2 Å². The third kappa shape index (κ3) is 6.98. The van der Waals surface area contributed by atoms with Crippen LogP contribution in [0.15, 0.2) is 0 Å². The summed E-state index contributed by atoms with van der Waals surface area (Å²) in [4.78, 5) is 29.1. The highest BCUT2D eigenvalue weighted by molar-refractivity contribution is 14.1. The molecule has 2 heterocycles. The Morgan fingerprint density at radius 3 is 1.49 bits per heavy atom. The van der Waals surface area contributed by atoms with Crippen LogP contribution in [0.5, 0.6) is 0 Å². The summed E-state index contributed by atoms with van der Waals surface area (Å²) in [7, 11) is 3.98. The Morgan fingerprint density at radius 1 is 0.587 bits per heavy atom. The number of carbonyl (C=O) groups excluding carboxylic acids is 2. The molecule has 0 aromatic carbocycles. The summed E-state index contributed by atoms with van der Waals surface area (Å²) in [6, 6.07) is 0. The van der Waals surface area contributed by atoms with Gasteiger partial charge in [-0.2, -0.15) is 0 Å². The van der Waals surface area contributed by atoms with Gasteiger partial charge in [-0.15, -0.1) is 0 Å². The van der Waals surface area contributed by atoms with Crippen molar-refractivity contribution in [3.63, 3.8) is 0 Å². The van der Waals surface area contributed by atoms with E-state index >= 15 is 17.6 Å². The number of alkyl halides is 5. The van der Waals surface area contributed by atoms with Crippen molar-refractivity contribution in [2.24, 2.45) is 75.9 Å². The number of esters is 2. The van der Waals surface area contributed by atoms with Crippen LogP contribution in [-0.4, -0.2) is 95.0 Å². The molecule has 14 fully saturated rings. The third-order valence-electron chi connectivity index (χ3n) is 19.7. The molecular formula is C47H67F4IO9P2. The highest BCUT2D eigenvalue weighted by Crippen LogP contribution is 2.68. The van der Waals surface area contributed by atoms with Crippen molar-refractivity contribution in [2.45, 2.75) is 161 Å². The average Bonchev–Trinajstić information content (AvgIpc) is 3.37. The van der Waals surface area contributed by atoms with Crippen molar-refractivity contribution in [3.8, 4) is 0 Å². The molecule has 2 spiro atoms. The molecular weight excluding hydrogens is 973 g/mol. The van der Waals surface area contributed by atoms with Gasteiger partial charge in [-0.05, 0) is 168 Å². The number of hydrogen-bond donors (Lipinski definition) is 0. The zero-order valence-electron chi connectivity index (χ0n) is 37.0. The van der Waals surface area contributed by atoms with E-state index in [0.29, 0.717) is 50.4 Å².